The van der Waals surface area contributed by atoms with Gasteiger partial charge in [-0.15, -0.1) is 0 Å². The molecular weight excluding hydrogens is 370 g/mol. The molecule has 0 spiro atoms. The number of piperazine rings is 1. The van der Waals surface area contributed by atoms with Crippen LogP contribution in [-0.2, 0) is 11.2 Å². The molecular formula is C22H23N3O4. The lowest BCUT2D eigenvalue weighted by Gasteiger charge is -2.34. The minimum atomic E-state index is -0.125. The fourth-order valence-corrected chi connectivity index (χ4v) is 3.43. The number of aryl methyl sites for hydroxylation is 1. The van der Waals surface area contributed by atoms with Crippen LogP contribution >= 0.6 is 0 Å². The highest BCUT2D eigenvalue weighted by atomic mass is 16.4. The van der Waals surface area contributed by atoms with Crippen LogP contribution in [0.5, 0.6) is 0 Å². The Kier molecular flexibility index (Phi) is 5.74. The van der Waals surface area contributed by atoms with Crippen LogP contribution in [0.25, 0.3) is 11.3 Å². The third-order valence-electron chi connectivity index (χ3n) is 5.04. The van der Waals surface area contributed by atoms with Gasteiger partial charge in [-0.3, -0.25) is 9.59 Å². The number of carbonyl (C=O) groups excluding carboxylic acids is 2. The van der Waals surface area contributed by atoms with Crippen LogP contribution in [0.15, 0.2) is 63.8 Å². The molecule has 0 bridgehead atoms. The Morgan fingerprint density at radius 3 is 2.45 bits per heavy atom. The highest BCUT2D eigenvalue weighted by Crippen LogP contribution is 2.20. The lowest BCUT2D eigenvalue weighted by Crippen LogP contribution is -2.50. The van der Waals surface area contributed by atoms with E-state index in [0.29, 0.717) is 57.1 Å². The molecule has 0 saturated carbocycles. The molecule has 7 nitrogen and oxygen atoms in total. The average molecular weight is 393 g/mol. The summed E-state index contributed by atoms with van der Waals surface area (Å²) < 4.78 is 10.9. The van der Waals surface area contributed by atoms with Gasteiger partial charge in [-0.25, -0.2) is 4.98 Å². The van der Waals surface area contributed by atoms with Gasteiger partial charge in [0.15, 0.2) is 17.4 Å². The summed E-state index contributed by atoms with van der Waals surface area (Å²) >= 11 is 0. The topological polar surface area (TPSA) is 79.8 Å². The van der Waals surface area contributed by atoms with E-state index >= 15 is 0 Å². The molecule has 0 radical (unpaired) electrons. The number of benzene rings is 1. The largest absolute Gasteiger partial charge is 0.459 e. The van der Waals surface area contributed by atoms with Gasteiger partial charge in [-0.05, 0) is 18.6 Å². The maximum atomic E-state index is 12.5. The van der Waals surface area contributed by atoms with E-state index in [-0.39, 0.29) is 11.8 Å². The highest BCUT2D eigenvalue weighted by molar-refractivity contribution is 5.91. The van der Waals surface area contributed by atoms with Crippen molar-refractivity contribution in [2.24, 2.45) is 0 Å². The number of carbonyl (C=O) groups is 2. The molecule has 1 saturated heterocycles. The SMILES string of the molecule is O=C(CCCc1ncc(-c2ccccc2)o1)N1CCN(C(=O)c2ccco2)CC1. The smallest absolute Gasteiger partial charge is 0.289 e. The van der Waals surface area contributed by atoms with Crippen molar-refractivity contribution >= 4 is 11.8 Å². The lowest BCUT2D eigenvalue weighted by atomic mass is 10.2. The van der Waals surface area contributed by atoms with Crippen LogP contribution in [0.3, 0.4) is 0 Å². The summed E-state index contributed by atoms with van der Waals surface area (Å²) in [5, 5.41) is 0. The van der Waals surface area contributed by atoms with Crippen molar-refractivity contribution < 1.29 is 18.4 Å². The predicted octanol–water partition coefficient (Wildman–Crippen LogP) is 3.24. The number of aromatic nitrogens is 1. The van der Waals surface area contributed by atoms with E-state index < -0.39 is 0 Å². The monoisotopic (exact) mass is 393 g/mol. The highest BCUT2D eigenvalue weighted by Gasteiger charge is 2.25. The number of amides is 2. The second-order valence-corrected chi connectivity index (χ2v) is 6.99. The molecule has 3 aromatic rings. The minimum Gasteiger partial charge on any atom is -0.459 e. The first kappa shape index (κ1) is 19.0. The quantitative estimate of drug-likeness (QED) is 0.642. The van der Waals surface area contributed by atoms with Crippen molar-refractivity contribution in [3.8, 4) is 11.3 Å². The standard InChI is InChI=1S/C22H23N3O4/c26-21(24-11-13-25(14-12-24)22(27)18-8-5-15-28-18)10-4-9-20-23-16-19(29-20)17-6-2-1-3-7-17/h1-3,5-8,15-16H,4,9-14H2. The summed E-state index contributed by atoms with van der Waals surface area (Å²) in [7, 11) is 0. The van der Waals surface area contributed by atoms with Crippen molar-refractivity contribution in [1.82, 2.24) is 14.8 Å². The van der Waals surface area contributed by atoms with E-state index in [1.807, 2.05) is 35.2 Å². The number of rotatable bonds is 6. The number of hydrogen-bond donors (Lipinski definition) is 0. The van der Waals surface area contributed by atoms with Gasteiger partial charge in [0.25, 0.3) is 5.91 Å². The molecule has 1 aromatic carbocycles. The maximum Gasteiger partial charge on any atom is 0.289 e. The Morgan fingerprint density at radius 2 is 1.72 bits per heavy atom. The van der Waals surface area contributed by atoms with Crippen molar-refractivity contribution in [2.75, 3.05) is 26.2 Å². The summed E-state index contributed by atoms with van der Waals surface area (Å²) in [5.41, 5.74) is 0.990. The minimum absolute atomic E-state index is 0.102. The molecule has 1 fully saturated rings. The summed E-state index contributed by atoms with van der Waals surface area (Å²) in [4.78, 5) is 32.6. The first-order valence-corrected chi connectivity index (χ1v) is 9.81. The van der Waals surface area contributed by atoms with E-state index in [4.69, 9.17) is 8.83 Å². The van der Waals surface area contributed by atoms with Crippen LogP contribution < -0.4 is 0 Å². The van der Waals surface area contributed by atoms with Gasteiger partial charge in [0, 0.05) is 44.6 Å². The average Bonchev–Trinajstić information content (AvgIpc) is 3.46. The van der Waals surface area contributed by atoms with Crippen molar-refractivity contribution in [2.45, 2.75) is 19.3 Å². The summed E-state index contributed by atoms with van der Waals surface area (Å²) in [6.45, 7) is 2.13. The zero-order valence-electron chi connectivity index (χ0n) is 16.1. The van der Waals surface area contributed by atoms with E-state index in [0.717, 1.165) is 11.3 Å². The van der Waals surface area contributed by atoms with Gasteiger partial charge in [0.05, 0.1) is 12.5 Å². The third kappa shape index (κ3) is 4.56. The molecule has 29 heavy (non-hydrogen) atoms. The summed E-state index contributed by atoms with van der Waals surface area (Å²) in [6.07, 6.45) is 4.95. The second-order valence-electron chi connectivity index (χ2n) is 6.99. The number of furan rings is 1. The Morgan fingerprint density at radius 1 is 0.966 bits per heavy atom. The van der Waals surface area contributed by atoms with Gasteiger partial charge in [0.1, 0.15) is 0 Å². The number of hydrogen-bond acceptors (Lipinski definition) is 5. The van der Waals surface area contributed by atoms with Crippen LogP contribution in [0.2, 0.25) is 0 Å². The van der Waals surface area contributed by atoms with Gasteiger partial charge in [0.2, 0.25) is 5.91 Å². The van der Waals surface area contributed by atoms with E-state index in [1.165, 1.54) is 6.26 Å². The lowest BCUT2D eigenvalue weighted by molar-refractivity contribution is -0.132. The van der Waals surface area contributed by atoms with Gasteiger partial charge >= 0.3 is 0 Å². The summed E-state index contributed by atoms with van der Waals surface area (Å²) in [6, 6.07) is 13.2. The van der Waals surface area contributed by atoms with E-state index in [9.17, 15) is 9.59 Å². The first-order chi connectivity index (χ1) is 14.2. The number of oxazole rings is 1. The van der Waals surface area contributed by atoms with Crippen LogP contribution in [0.1, 0.15) is 29.3 Å². The fraction of sp³-hybridized carbons (Fsp3) is 0.318. The third-order valence-corrected chi connectivity index (χ3v) is 5.04. The van der Waals surface area contributed by atoms with Gasteiger partial charge in [-0.1, -0.05) is 30.3 Å². The molecule has 1 aliphatic heterocycles. The maximum absolute atomic E-state index is 12.5. The molecule has 4 rings (SSSR count). The molecule has 0 unspecified atom stereocenters. The van der Waals surface area contributed by atoms with E-state index in [2.05, 4.69) is 4.98 Å². The Hall–Kier alpha value is -3.35. The van der Waals surface area contributed by atoms with Crippen molar-refractivity contribution in [3.05, 3.63) is 66.6 Å². The molecule has 2 aromatic heterocycles. The van der Waals surface area contributed by atoms with Crippen molar-refractivity contribution in [3.63, 3.8) is 0 Å². The molecule has 0 atom stereocenters. The van der Waals surface area contributed by atoms with Gasteiger partial charge < -0.3 is 18.6 Å². The number of nitrogens with zero attached hydrogens (tertiary/aromatic N) is 3. The molecule has 2 amide bonds. The zero-order chi connectivity index (χ0) is 20.1. The predicted molar refractivity (Wildman–Crippen MR) is 106 cm³/mol. The first-order valence-electron chi connectivity index (χ1n) is 9.81. The fourth-order valence-electron chi connectivity index (χ4n) is 3.43. The Bertz CT molecular complexity index is 942. The van der Waals surface area contributed by atoms with Crippen LogP contribution in [0.4, 0.5) is 0 Å². The van der Waals surface area contributed by atoms with Crippen molar-refractivity contribution in [1.29, 1.82) is 0 Å². The second kappa shape index (κ2) is 8.77. The van der Waals surface area contributed by atoms with Crippen LogP contribution in [0, 0.1) is 0 Å². The normalized spacial score (nSPS) is 14.2. The molecule has 0 N–H and O–H groups in total. The summed E-state index contributed by atoms with van der Waals surface area (Å²) in [5.74, 6) is 1.70. The molecule has 0 aliphatic carbocycles. The van der Waals surface area contributed by atoms with Gasteiger partial charge in [-0.2, -0.15) is 0 Å². The molecule has 150 valence electrons. The zero-order valence-corrected chi connectivity index (χ0v) is 16.1. The Labute approximate surface area is 168 Å². The van der Waals surface area contributed by atoms with E-state index in [1.54, 1.807) is 23.2 Å². The molecule has 7 heteroatoms. The Balaban J connectivity index is 1.21. The van der Waals surface area contributed by atoms with Crippen LogP contribution in [-0.4, -0.2) is 52.8 Å². The molecule has 1 aliphatic rings. The molecule has 3 heterocycles.